The number of benzene rings is 3. The number of aromatic nitrogens is 1. The van der Waals surface area contributed by atoms with Gasteiger partial charge < -0.3 is 19.8 Å². The first kappa shape index (κ1) is 25.3. The van der Waals surface area contributed by atoms with Gasteiger partial charge in [0.15, 0.2) is 0 Å². The quantitative estimate of drug-likeness (QED) is 0.297. The molecule has 7 heteroatoms. The van der Waals surface area contributed by atoms with Crippen molar-refractivity contribution in [3.8, 4) is 5.75 Å². The second-order valence-corrected chi connectivity index (χ2v) is 9.77. The molecule has 0 bridgehead atoms. The lowest BCUT2D eigenvalue weighted by Gasteiger charge is -2.26. The van der Waals surface area contributed by atoms with Crippen molar-refractivity contribution in [2.45, 2.75) is 18.9 Å². The number of aromatic amines is 1. The molecule has 1 aromatic heterocycles. The van der Waals surface area contributed by atoms with Crippen molar-refractivity contribution < 1.29 is 14.3 Å². The number of rotatable bonds is 10. The van der Waals surface area contributed by atoms with E-state index < -0.39 is 0 Å². The normalized spacial score (nSPS) is 14.9. The van der Waals surface area contributed by atoms with Gasteiger partial charge in [0.25, 0.3) is 0 Å². The van der Waals surface area contributed by atoms with Crippen LogP contribution < -0.4 is 10.1 Å². The van der Waals surface area contributed by atoms with Crippen LogP contribution in [0, 0.1) is 0 Å². The van der Waals surface area contributed by atoms with Crippen LogP contribution in [0.25, 0.3) is 10.9 Å². The Hall–Kier alpha value is -3.32. The lowest BCUT2D eigenvalue weighted by Crippen LogP contribution is -2.41. The topological polar surface area (TPSA) is 66.6 Å². The average Bonchev–Trinajstić information content (AvgIpc) is 3.35. The van der Waals surface area contributed by atoms with Gasteiger partial charge >= 0.3 is 0 Å². The molecular weight excluding hydrogens is 486 g/mol. The van der Waals surface area contributed by atoms with E-state index in [9.17, 15) is 4.79 Å². The molecule has 0 spiro atoms. The summed E-state index contributed by atoms with van der Waals surface area (Å²) >= 11 is 6.33. The number of nitrogens with one attached hydrogen (secondary N) is 2. The Morgan fingerprint density at radius 1 is 1.05 bits per heavy atom. The van der Waals surface area contributed by atoms with Crippen molar-refractivity contribution in [2.24, 2.45) is 0 Å². The first-order valence-corrected chi connectivity index (χ1v) is 13.1. The number of hydrogen-bond acceptors (Lipinski definition) is 4. The zero-order valence-electron chi connectivity index (χ0n) is 20.8. The third-order valence-corrected chi connectivity index (χ3v) is 7.06. The van der Waals surface area contributed by atoms with Gasteiger partial charge in [-0.1, -0.05) is 54.1 Å². The van der Waals surface area contributed by atoms with Crippen LogP contribution in [0.3, 0.4) is 0 Å². The van der Waals surface area contributed by atoms with Gasteiger partial charge in [0, 0.05) is 60.6 Å². The van der Waals surface area contributed by atoms with Gasteiger partial charge in [-0.05, 0) is 47.0 Å². The molecule has 3 aromatic carbocycles. The minimum absolute atomic E-state index is 0.0269. The van der Waals surface area contributed by atoms with E-state index in [0.29, 0.717) is 24.6 Å². The highest BCUT2D eigenvalue weighted by Gasteiger charge is 2.22. The number of H-pyrrole nitrogens is 1. The molecule has 2 N–H and O–H groups in total. The zero-order chi connectivity index (χ0) is 25.5. The van der Waals surface area contributed by atoms with Gasteiger partial charge in [-0.2, -0.15) is 0 Å². The Morgan fingerprint density at radius 3 is 2.62 bits per heavy atom. The molecule has 1 amide bonds. The van der Waals surface area contributed by atoms with E-state index in [0.717, 1.165) is 66.2 Å². The molecule has 2 heterocycles. The Balaban J connectivity index is 1.31. The van der Waals surface area contributed by atoms with Gasteiger partial charge in [-0.25, -0.2) is 0 Å². The maximum Gasteiger partial charge on any atom is 0.220 e. The zero-order valence-corrected chi connectivity index (χ0v) is 21.5. The van der Waals surface area contributed by atoms with Gasteiger partial charge in [0.1, 0.15) is 12.4 Å². The molecule has 1 fully saturated rings. The second kappa shape index (κ2) is 12.3. The number of carbonyl (C=O) groups is 1. The van der Waals surface area contributed by atoms with Crippen LogP contribution in [0.5, 0.6) is 5.75 Å². The molecule has 1 atom stereocenters. The summed E-state index contributed by atoms with van der Waals surface area (Å²) in [6.45, 7) is 5.29. The number of nitrogens with zero attached hydrogens (tertiary/aromatic N) is 1. The molecule has 1 saturated heterocycles. The van der Waals surface area contributed by atoms with E-state index in [1.54, 1.807) is 0 Å². The van der Waals surface area contributed by atoms with Crippen molar-refractivity contribution in [2.75, 3.05) is 39.4 Å². The lowest BCUT2D eigenvalue weighted by molar-refractivity contribution is -0.121. The summed E-state index contributed by atoms with van der Waals surface area (Å²) in [5, 5.41) is 4.82. The van der Waals surface area contributed by atoms with Crippen LogP contribution in [-0.2, 0) is 16.1 Å². The van der Waals surface area contributed by atoms with E-state index in [1.807, 2.05) is 66.9 Å². The molecule has 0 saturated carbocycles. The summed E-state index contributed by atoms with van der Waals surface area (Å²) in [5.41, 5.74) is 4.23. The largest absolute Gasteiger partial charge is 0.489 e. The molecule has 0 unspecified atom stereocenters. The van der Waals surface area contributed by atoms with Crippen molar-refractivity contribution in [1.82, 2.24) is 15.2 Å². The van der Waals surface area contributed by atoms with Crippen LogP contribution in [0.2, 0.25) is 5.02 Å². The van der Waals surface area contributed by atoms with Crippen LogP contribution in [-0.4, -0.2) is 55.2 Å². The number of carbonyl (C=O) groups excluding carboxylic acids is 1. The molecular formula is C30H32ClN3O3. The molecule has 192 valence electrons. The summed E-state index contributed by atoms with van der Waals surface area (Å²) in [7, 11) is 0. The molecule has 0 aliphatic carbocycles. The fourth-order valence-electron chi connectivity index (χ4n) is 4.78. The van der Waals surface area contributed by atoms with Crippen LogP contribution >= 0.6 is 11.6 Å². The number of fused-ring (bicyclic) bond motifs is 1. The van der Waals surface area contributed by atoms with Crippen LogP contribution in [0.1, 0.15) is 29.0 Å². The number of morpholine rings is 1. The Labute approximate surface area is 222 Å². The summed E-state index contributed by atoms with van der Waals surface area (Å²) in [6, 6.07) is 24.0. The first-order chi connectivity index (χ1) is 18.2. The number of amides is 1. The highest BCUT2D eigenvalue weighted by molar-refractivity contribution is 6.31. The van der Waals surface area contributed by atoms with E-state index >= 15 is 0 Å². The standard InChI is InChI=1S/C30H32ClN3O3/c31-24-8-11-29-27(18-24)28(20-33-29)26(19-30(35)32-12-13-34-14-16-36-17-15-34)23-6-9-25(10-7-23)37-21-22-4-2-1-3-5-22/h1-11,18,20,26,33H,12-17,19,21H2,(H,32,35)/t26-/m0/s1. The maximum absolute atomic E-state index is 13.1. The minimum atomic E-state index is -0.126. The Kier molecular flexibility index (Phi) is 8.41. The van der Waals surface area contributed by atoms with Crippen molar-refractivity contribution in [3.05, 3.63) is 101 Å². The monoisotopic (exact) mass is 517 g/mol. The third-order valence-electron chi connectivity index (χ3n) is 6.83. The molecule has 1 aliphatic rings. The van der Waals surface area contributed by atoms with E-state index in [1.165, 1.54) is 0 Å². The summed E-state index contributed by atoms with van der Waals surface area (Å²) < 4.78 is 11.4. The van der Waals surface area contributed by atoms with E-state index in [2.05, 4.69) is 27.3 Å². The second-order valence-electron chi connectivity index (χ2n) is 9.34. The summed E-state index contributed by atoms with van der Waals surface area (Å²) in [5.74, 6) is 0.695. The fraction of sp³-hybridized carbons (Fsp3) is 0.300. The van der Waals surface area contributed by atoms with Crippen molar-refractivity contribution >= 4 is 28.4 Å². The first-order valence-electron chi connectivity index (χ1n) is 12.8. The smallest absolute Gasteiger partial charge is 0.220 e. The van der Waals surface area contributed by atoms with Gasteiger partial charge in [0.2, 0.25) is 5.91 Å². The summed E-state index contributed by atoms with van der Waals surface area (Å²) in [6.07, 6.45) is 2.33. The SMILES string of the molecule is O=C(C[C@@H](c1ccc(OCc2ccccc2)cc1)c1c[nH]c2ccc(Cl)cc12)NCCN1CCOCC1. The molecule has 6 nitrogen and oxygen atoms in total. The van der Waals surface area contributed by atoms with Gasteiger partial charge in [-0.3, -0.25) is 9.69 Å². The Morgan fingerprint density at radius 2 is 1.84 bits per heavy atom. The molecule has 37 heavy (non-hydrogen) atoms. The Bertz CT molecular complexity index is 1300. The number of hydrogen-bond donors (Lipinski definition) is 2. The van der Waals surface area contributed by atoms with Crippen molar-refractivity contribution in [1.29, 1.82) is 0 Å². The maximum atomic E-state index is 13.1. The summed E-state index contributed by atoms with van der Waals surface area (Å²) in [4.78, 5) is 18.7. The predicted molar refractivity (Wildman–Crippen MR) is 147 cm³/mol. The van der Waals surface area contributed by atoms with Crippen LogP contribution in [0.15, 0.2) is 79.0 Å². The highest BCUT2D eigenvalue weighted by atomic mass is 35.5. The minimum Gasteiger partial charge on any atom is -0.489 e. The average molecular weight is 518 g/mol. The number of ether oxygens (including phenoxy) is 2. The molecule has 4 aromatic rings. The fourth-order valence-corrected chi connectivity index (χ4v) is 4.96. The predicted octanol–water partition coefficient (Wildman–Crippen LogP) is 5.37. The number of halogens is 1. The van der Waals surface area contributed by atoms with Crippen LogP contribution in [0.4, 0.5) is 0 Å². The molecule has 0 radical (unpaired) electrons. The van der Waals surface area contributed by atoms with E-state index in [-0.39, 0.29) is 11.8 Å². The third kappa shape index (κ3) is 6.72. The highest BCUT2D eigenvalue weighted by Crippen LogP contribution is 2.35. The van der Waals surface area contributed by atoms with E-state index in [4.69, 9.17) is 21.1 Å². The van der Waals surface area contributed by atoms with Gasteiger partial charge in [-0.15, -0.1) is 0 Å². The van der Waals surface area contributed by atoms with Crippen molar-refractivity contribution in [3.63, 3.8) is 0 Å². The lowest BCUT2D eigenvalue weighted by atomic mass is 9.88. The molecule has 1 aliphatic heterocycles. The van der Waals surface area contributed by atoms with Gasteiger partial charge in [0.05, 0.1) is 13.2 Å². The molecule has 5 rings (SSSR count).